The molecule has 1 aromatic heterocycles. The molecule has 0 saturated carbocycles. The van der Waals surface area contributed by atoms with E-state index in [1.54, 1.807) is 0 Å². The maximum Gasteiger partial charge on any atom is 0.229 e. The van der Waals surface area contributed by atoms with Gasteiger partial charge in [0.1, 0.15) is 12.4 Å². The lowest BCUT2D eigenvalue weighted by molar-refractivity contribution is 0.332. The molecule has 7 heteroatoms. The fourth-order valence-electron chi connectivity index (χ4n) is 2.65. The third kappa shape index (κ3) is 5.57. The number of rotatable bonds is 9. The standard InChI is InChI=1S/C20H24N6O/c1-2-17(15-9-5-3-6-10-15)23-20-25-18(21)24-19(26-20)22-13-14-27-16-11-7-4-8-12-16/h3-12,17H,2,13-14H2,1H3,(H4,21,22,23,24,25,26)/t17-/m0/s1. The average molecular weight is 364 g/mol. The van der Waals surface area contributed by atoms with Crippen LogP contribution in [0.2, 0.25) is 0 Å². The normalized spacial score (nSPS) is 11.6. The van der Waals surface area contributed by atoms with Crippen LogP contribution in [-0.4, -0.2) is 28.1 Å². The number of benzene rings is 2. The van der Waals surface area contributed by atoms with Crippen LogP contribution in [0, 0.1) is 0 Å². The van der Waals surface area contributed by atoms with Crippen molar-refractivity contribution in [3.05, 3.63) is 66.2 Å². The number of para-hydroxylation sites is 1. The van der Waals surface area contributed by atoms with Crippen LogP contribution < -0.4 is 21.1 Å². The Morgan fingerprint density at radius 1 is 0.926 bits per heavy atom. The van der Waals surface area contributed by atoms with Gasteiger partial charge >= 0.3 is 0 Å². The molecule has 0 aliphatic heterocycles. The van der Waals surface area contributed by atoms with Crippen LogP contribution in [0.1, 0.15) is 24.9 Å². The summed E-state index contributed by atoms with van der Waals surface area (Å²) in [5, 5.41) is 6.45. The van der Waals surface area contributed by atoms with Crippen molar-refractivity contribution in [3.8, 4) is 5.75 Å². The molecule has 0 aliphatic rings. The summed E-state index contributed by atoms with van der Waals surface area (Å²) in [7, 11) is 0. The second-order valence-corrected chi connectivity index (χ2v) is 5.94. The van der Waals surface area contributed by atoms with Gasteiger partial charge in [-0.3, -0.25) is 0 Å². The highest BCUT2D eigenvalue weighted by Crippen LogP contribution is 2.21. The molecule has 0 aliphatic carbocycles. The monoisotopic (exact) mass is 364 g/mol. The zero-order chi connectivity index (χ0) is 18.9. The molecule has 1 atom stereocenters. The molecule has 4 N–H and O–H groups in total. The largest absolute Gasteiger partial charge is 0.492 e. The number of nitrogens with zero attached hydrogens (tertiary/aromatic N) is 3. The predicted molar refractivity (Wildman–Crippen MR) is 108 cm³/mol. The molecule has 0 saturated heterocycles. The number of nitrogens with one attached hydrogen (secondary N) is 2. The van der Waals surface area contributed by atoms with E-state index in [9.17, 15) is 0 Å². The van der Waals surface area contributed by atoms with E-state index in [2.05, 4.69) is 44.6 Å². The highest BCUT2D eigenvalue weighted by molar-refractivity contribution is 5.41. The van der Waals surface area contributed by atoms with Crippen LogP contribution in [0.4, 0.5) is 17.8 Å². The molecule has 140 valence electrons. The first-order valence-electron chi connectivity index (χ1n) is 8.99. The Labute approximate surface area is 159 Å². The van der Waals surface area contributed by atoms with Crippen molar-refractivity contribution in [1.29, 1.82) is 0 Å². The number of nitrogen functional groups attached to an aromatic ring is 1. The van der Waals surface area contributed by atoms with Gasteiger partial charge in [-0.25, -0.2) is 0 Å². The van der Waals surface area contributed by atoms with Crippen molar-refractivity contribution >= 4 is 17.8 Å². The lowest BCUT2D eigenvalue weighted by atomic mass is 10.1. The van der Waals surface area contributed by atoms with E-state index in [1.165, 1.54) is 5.56 Å². The number of anilines is 3. The lowest BCUT2D eigenvalue weighted by Gasteiger charge is -2.18. The van der Waals surface area contributed by atoms with Crippen molar-refractivity contribution in [2.75, 3.05) is 29.5 Å². The molecular formula is C20H24N6O. The Kier molecular flexibility index (Phi) is 6.40. The molecule has 27 heavy (non-hydrogen) atoms. The fourth-order valence-corrected chi connectivity index (χ4v) is 2.65. The Balaban J connectivity index is 1.58. The van der Waals surface area contributed by atoms with Crippen LogP contribution in [0.25, 0.3) is 0 Å². The summed E-state index contributed by atoms with van der Waals surface area (Å²) in [5.74, 6) is 1.86. The molecule has 3 aromatic rings. The smallest absolute Gasteiger partial charge is 0.229 e. The first kappa shape index (κ1) is 18.4. The number of hydrogen-bond acceptors (Lipinski definition) is 7. The molecule has 0 bridgehead atoms. The van der Waals surface area contributed by atoms with Crippen LogP contribution in [0.3, 0.4) is 0 Å². The third-order valence-electron chi connectivity index (χ3n) is 3.96. The second kappa shape index (κ2) is 9.38. The summed E-state index contributed by atoms with van der Waals surface area (Å²) in [5.41, 5.74) is 7.01. The summed E-state index contributed by atoms with van der Waals surface area (Å²) < 4.78 is 5.65. The predicted octanol–water partition coefficient (Wildman–Crippen LogP) is 3.51. The minimum atomic E-state index is 0.0993. The minimum absolute atomic E-state index is 0.0993. The van der Waals surface area contributed by atoms with Gasteiger partial charge in [-0.05, 0) is 24.1 Å². The van der Waals surface area contributed by atoms with Crippen molar-refractivity contribution in [1.82, 2.24) is 15.0 Å². The quantitative estimate of drug-likeness (QED) is 0.500. The van der Waals surface area contributed by atoms with E-state index < -0.39 is 0 Å². The molecule has 0 spiro atoms. The highest BCUT2D eigenvalue weighted by atomic mass is 16.5. The van der Waals surface area contributed by atoms with E-state index in [0.29, 0.717) is 25.0 Å². The molecular weight excluding hydrogens is 340 g/mol. The first-order valence-corrected chi connectivity index (χ1v) is 8.99. The first-order chi connectivity index (χ1) is 13.2. The minimum Gasteiger partial charge on any atom is -0.492 e. The van der Waals surface area contributed by atoms with E-state index in [4.69, 9.17) is 10.5 Å². The average Bonchev–Trinajstić information content (AvgIpc) is 2.70. The Hall–Kier alpha value is -3.35. The van der Waals surface area contributed by atoms with Crippen molar-refractivity contribution in [2.24, 2.45) is 0 Å². The van der Waals surface area contributed by atoms with E-state index >= 15 is 0 Å². The number of nitrogens with two attached hydrogens (primary N) is 1. The molecule has 0 unspecified atom stereocenters. The summed E-state index contributed by atoms with van der Waals surface area (Å²) in [6.07, 6.45) is 0.892. The van der Waals surface area contributed by atoms with Crippen LogP contribution in [0.5, 0.6) is 5.75 Å². The zero-order valence-electron chi connectivity index (χ0n) is 15.3. The van der Waals surface area contributed by atoms with Gasteiger partial charge < -0.3 is 21.1 Å². The van der Waals surface area contributed by atoms with Gasteiger partial charge in [-0.15, -0.1) is 0 Å². The number of aromatic nitrogens is 3. The van der Waals surface area contributed by atoms with Crippen LogP contribution in [0.15, 0.2) is 60.7 Å². The Morgan fingerprint density at radius 3 is 2.30 bits per heavy atom. The molecule has 0 radical (unpaired) electrons. The third-order valence-corrected chi connectivity index (χ3v) is 3.96. The van der Waals surface area contributed by atoms with Gasteiger partial charge in [0.25, 0.3) is 0 Å². The SMILES string of the molecule is CC[C@H](Nc1nc(N)nc(NCCOc2ccccc2)n1)c1ccccc1. The van der Waals surface area contributed by atoms with Gasteiger partial charge in [0, 0.05) is 0 Å². The molecule has 1 heterocycles. The molecule has 2 aromatic carbocycles. The highest BCUT2D eigenvalue weighted by Gasteiger charge is 2.12. The van der Waals surface area contributed by atoms with Crippen molar-refractivity contribution < 1.29 is 4.74 Å². The Morgan fingerprint density at radius 2 is 1.59 bits per heavy atom. The molecule has 7 nitrogen and oxygen atoms in total. The fraction of sp³-hybridized carbons (Fsp3) is 0.250. The summed E-state index contributed by atoms with van der Waals surface area (Å²) in [6.45, 7) is 3.14. The number of hydrogen-bond donors (Lipinski definition) is 3. The van der Waals surface area contributed by atoms with Crippen LogP contribution >= 0.6 is 0 Å². The van der Waals surface area contributed by atoms with Crippen molar-refractivity contribution in [3.63, 3.8) is 0 Å². The van der Waals surface area contributed by atoms with E-state index in [1.807, 2.05) is 48.5 Å². The van der Waals surface area contributed by atoms with Gasteiger partial charge in [0.15, 0.2) is 0 Å². The van der Waals surface area contributed by atoms with Gasteiger partial charge in [-0.1, -0.05) is 55.5 Å². The van der Waals surface area contributed by atoms with Gasteiger partial charge in [-0.2, -0.15) is 15.0 Å². The van der Waals surface area contributed by atoms with E-state index in [0.717, 1.165) is 12.2 Å². The number of ether oxygens (including phenoxy) is 1. The summed E-state index contributed by atoms with van der Waals surface area (Å²) >= 11 is 0. The lowest BCUT2D eigenvalue weighted by Crippen LogP contribution is -2.17. The van der Waals surface area contributed by atoms with Crippen molar-refractivity contribution in [2.45, 2.75) is 19.4 Å². The second-order valence-electron chi connectivity index (χ2n) is 5.94. The zero-order valence-corrected chi connectivity index (χ0v) is 15.3. The molecule has 0 fully saturated rings. The maximum absolute atomic E-state index is 5.84. The van der Waals surface area contributed by atoms with Gasteiger partial charge in [0.2, 0.25) is 17.8 Å². The van der Waals surface area contributed by atoms with E-state index in [-0.39, 0.29) is 12.0 Å². The summed E-state index contributed by atoms with van der Waals surface area (Å²) in [4.78, 5) is 12.7. The Bertz CT molecular complexity index is 828. The maximum atomic E-state index is 5.84. The van der Waals surface area contributed by atoms with Gasteiger partial charge in [0.05, 0.1) is 12.6 Å². The molecule has 0 amide bonds. The molecule has 3 rings (SSSR count). The van der Waals surface area contributed by atoms with Crippen LogP contribution in [-0.2, 0) is 0 Å². The topological polar surface area (TPSA) is 98.0 Å². The summed E-state index contributed by atoms with van der Waals surface area (Å²) in [6, 6.07) is 19.9.